The normalized spacial score (nSPS) is 10.7. The van der Waals surface area contributed by atoms with E-state index in [1.807, 2.05) is 49.4 Å². The van der Waals surface area contributed by atoms with E-state index in [0.29, 0.717) is 36.3 Å². The van der Waals surface area contributed by atoms with Crippen LogP contribution in [0.15, 0.2) is 42.5 Å². The molecule has 0 aliphatic rings. The van der Waals surface area contributed by atoms with Gasteiger partial charge in [0.1, 0.15) is 6.61 Å². The van der Waals surface area contributed by atoms with Crippen molar-refractivity contribution in [3.63, 3.8) is 0 Å². The molecule has 0 heterocycles. The topological polar surface area (TPSA) is 50.7 Å². The molecule has 0 radical (unpaired) electrons. The lowest BCUT2D eigenvalue weighted by molar-refractivity contribution is 0.269. The fraction of sp³-hybridized carbons (Fsp3) is 0.429. The van der Waals surface area contributed by atoms with Gasteiger partial charge in [-0.3, -0.25) is 0 Å². The van der Waals surface area contributed by atoms with Crippen molar-refractivity contribution >= 4 is 11.6 Å². The Kier molecular flexibility index (Phi) is 9.32. The van der Waals surface area contributed by atoms with Crippen LogP contribution in [0.2, 0.25) is 5.02 Å². The summed E-state index contributed by atoms with van der Waals surface area (Å²) in [6.45, 7) is 4.82. The third kappa shape index (κ3) is 6.87. The Hall–Kier alpha value is -1.75. The number of unbranched alkanes of at least 4 members (excludes halogenated alkanes) is 2. The lowest BCUT2D eigenvalue weighted by atomic mass is 10.2. The molecule has 26 heavy (non-hydrogen) atoms. The second-order valence-electron chi connectivity index (χ2n) is 6.06. The van der Waals surface area contributed by atoms with E-state index in [1.54, 1.807) is 0 Å². The van der Waals surface area contributed by atoms with Crippen molar-refractivity contribution in [3.8, 4) is 11.5 Å². The van der Waals surface area contributed by atoms with Crippen LogP contribution in [0.3, 0.4) is 0 Å². The van der Waals surface area contributed by atoms with E-state index in [1.165, 1.54) is 0 Å². The average molecular weight is 378 g/mol. The zero-order chi connectivity index (χ0) is 18.6. The summed E-state index contributed by atoms with van der Waals surface area (Å²) in [5.74, 6) is 1.37. The van der Waals surface area contributed by atoms with Gasteiger partial charge in [0.15, 0.2) is 11.5 Å². The van der Waals surface area contributed by atoms with Gasteiger partial charge in [-0.05, 0) is 49.9 Å². The van der Waals surface area contributed by atoms with Crippen LogP contribution in [-0.2, 0) is 13.2 Å². The van der Waals surface area contributed by atoms with Crippen LogP contribution in [-0.4, -0.2) is 24.9 Å². The molecule has 2 N–H and O–H groups in total. The highest BCUT2D eigenvalue weighted by Gasteiger charge is 2.11. The molecule has 2 rings (SSSR count). The molecule has 2 aromatic carbocycles. The number of hydrogen-bond donors (Lipinski definition) is 2. The number of nitrogens with one attached hydrogen (secondary N) is 1. The second-order valence-corrected chi connectivity index (χ2v) is 6.47. The van der Waals surface area contributed by atoms with Crippen molar-refractivity contribution in [3.05, 3.63) is 58.6 Å². The SMILES string of the molecule is CCOc1cc(CNCCCCCO)c(Cl)cc1OCc1ccccc1. The highest BCUT2D eigenvalue weighted by molar-refractivity contribution is 6.31. The minimum atomic E-state index is 0.258. The molecule has 2 aromatic rings. The number of halogens is 1. The number of ether oxygens (including phenoxy) is 2. The summed E-state index contributed by atoms with van der Waals surface area (Å²) in [6, 6.07) is 13.8. The monoisotopic (exact) mass is 377 g/mol. The first-order valence-electron chi connectivity index (χ1n) is 9.18. The van der Waals surface area contributed by atoms with Crippen LogP contribution >= 0.6 is 11.6 Å². The van der Waals surface area contributed by atoms with Gasteiger partial charge in [-0.1, -0.05) is 41.9 Å². The van der Waals surface area contributed by atoms with Crippen LogP contribution in [0, 0.1) is 0 Å². The van der Waals surface area contributed by atoms with E-state index in [2.05, 4.69) is 5.32 Å². The summed E-state index contributed by atoms with van der Waals surface area (Å²) in [6.07, 6.45) is 2.91. The molecule has 0 aromatic heterocycles. The zero-order valence-electron chi connectivity index (χ0n) is 15.3. The molecule has 4 nitrogen and oxygen atoms in total. The highest BCUT2D eigenvalue weighted by Crippen LogP contribution is 2.34. The highest BCUT2D eigenvalue weighted by atomic mass is 35.5. The van der Waals surface area contributed by atoms with Gasteiger partial charge < -0.3 is 19.9 Å². The molecule has 0 bridgehead atoms. The number of hydrogen-bond acceptors (Lipinski definition) is 4. The number of rotatable bonds is 12. The minimum Gasteiger partial charge on any atom is -0.490 e. The molecule has 0 unspecified atom stereocenters. The van der Waals surface area contributed by atoms with E-state index >= 15 is 0 Å². The molecule has 0 amide bonds. The number of benzene rings is 2. The van der Waals surface area contributed by atoms with E-state index in [4.69, 9.17) is 26.2 Å². The fourth-order valence-electron chi connectivity index (χ4n) is 2.59. The van der Waals surface area contributed by atoms with Gasteiger partial charge in [0.2, 0.25) is 0 Å². The van der Waals surface area contributed by atoms with E-state index in [9.17, 15) is 0 Å². The molecule has 0 saturated heterocycles. The Balaban J connectivity index is 1.97. The largest absolute Gasteiger partial charge is 0.490 e. The maximum Gasteiger partial charge on any atom is 0.163 e. The number of aliphatic hydroxyl groups excluding tert-OH is 1. The Bertz CT molecular complexity index is 649. The third-order valence-electron chi connectivity index (χ3n) is 3.98. The smallest absolute Gasteiger partial charge is 0.163 e. The maximum atomic E-state index is 8.80. The molecule has 0 fully saturated rings. The van der Waals surface area contributed by atoms with Crippen LogP contribution in [0.4, 0.5) is 0 Å². The Labute approximate surface area is 161 Å². The maximum absolute atomic E-state index is 8.80. The average Bonchev–Trinajstić information content (AvgIpc) is 2.66. The van der Waals surface area contributed by atoms with Crippen molar-refractivity contribution in [2.24, 2.45) is 0 Å². The van der Waals surface area contributed by atoms with Gasteiger partial charge in [-0.15, -0.1) is 0 Å². The summed E-state index contributed by atoms with van der Waals surface area (Å²) < 4.78 is 11.7. The molecule has 0 saturated carbocycles. The first-order valence-corrected chi connectivity index (χ1v) is 9.56. The number of aliphatic hydroxyl groups is 1. The summed E-state index contributed by atoms with van der Waals surface area (Å²) in [4.78, 5) is 0. The first-order chi connectivity index (χ1) is 12.7. The van der Waals surface area contributed by atoms with Gasteiger partial charge in [-0.25, -0.2) is 0 Å². The van der Waals surface area contributed by atoms with Crippen molar-refractivity contribution in [1.82, 2.24) is 5.32 Å². The molecule has 0 aliphatic heterocycles. The van der Waals surface area contributed by atoms with Crippen molar-refractivity contribution in [2.75, 3.05) is 19.8 Å². The van der Waals surface area contributed by atoms with E-state index < -0.39 is 0 Å². The summed E-state index contributed by atoms with van der Waals surface area (Å²) in [5, 5.41) is 12.8. The Morgan fingerprint density at radius 1 is 1.00 bits per heavy atom. The van der Waals surface area contributed by atoms with Gasteiger partial charge in [0.25, 0.3) is 0 Å². The Morgan fingerprint density at radius 2 is 1.77 bits per heavy atom. The van der Waals surface area contributed by atoms with E-state index in [-0.39, 0.29) is 6.61 Å². The van der Waals surface area contributed by atoms with Crippen molar-refractivity contribution in [2.45, 2.75) is 39.3 Å². The van der Waals surface area contributed by atoms with Gasteiger partial charge in [-0.2, -0.15) is 0 Å². The van der Waals surface area contributed by atoms with Crippen LogP contribution in [0.25, 0.3) is 0 Å². The zero-order valence-corrected chi connectivity index (χ0v) is 16.1. The van der Waals surface area contributed by atoms with E-state index in [0.717, 1.165) is 36.9 Å². The predicted molar refractivity (Wildman–Crippen MR) is 106 cm³/mol. The molecule has 5 heteroatoms. The molecular weight excluding hydrogens is 350 g/mol. The van der Waals surface area contributed by atoms with Crippen molar-refractivity contribution in [1.29, 1.82) is 0 Å². The summed E-state index contributed by atoms with van der Waals surface area (Å²) >= 11 is 6.44. The molecule has 0 spiro atoms. The van der Waals surface area contributed by atoms with Crippen LogP contribution in [0.1, 0.15) is 37.3 Å². The van der Waals surface area contributed by atoms with Crippen molar-refractivity contribution < 1.29 is 14.6 Å². The lowest BCUT2D eigenvalue weighted by Crippen LogP contribution is -2.15. The third-order valence-corrected chi connectivity index (χ3v) is 4.33. The van der Waals surface area contributed by atoms with Gasteiger partial charge in [0, 0.05) is 24.2 Å². The quantitative estimate of drug-likeness (QED) is 0.532. The van der Waals surface area contributed by atoms with Crippen LogP contribution in [0.5, 0.6) is 11.5 Å². The second kappa shape index (κ2) is 11.8. The fourth-order valence-corrected chi connectivity index (χ4v) is 2.81. The lowest BCUT2D eigenvalue weighted by Gasteiger charge is -2.15. The van der Waals surface area contributed by atoms with Crippen LogP contribution < -0.4 is 14.8 Å². The molecule has 142 valence electrons. The predicted octanol–water partition coefficient (Wildman–Crippen LogP) is 4.57. The minimum absolute atomic E-state index is 0.258. The summed E-state index contributed by atoms with van der Waals surface area (Å²) in [7, 11) is 0. The summed E-state index contributed by atoms with van der Waals surface area (Å²) in [5.41, 5.74) is 2.09. The van der Waals surface area contributed by atoms with Gasteiger partial charge >= 0.3 is 0 Å². The first kappa shape index (κ1) is 20.6. The standard InChI is InChI=1S/C21H28ClNO3/c1-2-25-20-13-18(15-23-11-7-4-8-12-24)19(22)14-21(20)26-16-17-9-5-3-6-10-17/h3,5-6,9-10,13-14,23-24H,2,4,7-8,11-12,15-16H2,1H3. The molecule has 0 aliphatic carbocycles. The van der Waals surface area contributed by atoms with Gasteiger partial charge in [0.05, 0.1) is 6.61 Å². The Morgan fingerprint density at radius 3 is 2.50 bits per heavy atom. The molecular formula is C21H28ClNO3. The molecule has 0 atom stereocenters.